The van der Waals surface area contributed by atoms with Crippen LogP contribution in [0, 0.1) is 6.92 Å². The number of imide groups is 1. The highest BCUT2D eigenvalue weighted by Gasteiger charge is 2.39. The molecule has 0 fully saturated rings. The van der Waals surface area contributed by atoms with Crippen molar-refractivity contribution in [3.63, 3.8) is 0 Å². The molecular formula is C16H12N6O4. The van der Waals surface area contributed by atoms with Crippen LogP contribution in [0.5, 0.6) is 0 Å². The largest absolute Gasteiger partial charge is 0.369 e. The lowest BCUT2D eigenvalue weighted by atomic mass is 10.1. The minimum atomic E-state index is -0.893. The van der Waals surface area contributed by atoms with E-state index in [1.165, 1.54) is 34.2 Å². The van der Waals surface area contributed by atoms with Crippen LogP contribution in [-0.2, 0) is 11.9 Å². The first-order chi connectivity index (χ1) is 12.5. The van der Waals surface area contributed by atoms with E-state index in [1.54, 1.807) is 26.1 Å². The Balaban J connectivity index is 1.69. The standard InChI is InChI=1S/C16H12N6O4/c1-9-12(13(20(2)19-9)21-8-17-7-18-21)16(25)26-22-14(23)10-5-3-4-6-11(10)15(22)24/h3-8H,1-2H3. The van der Waals surface area contributed by atoms with Gasteiger partial charge in [-0.2, -0.15) is 10.2 Å². The maximum atomic E-state index is 12.7. The monoisotopic (exact) mass is 352 g/mol. The van der Waals surface area contributed by atoms with Gasteiger partial charge in [-0.05, 0) is 19.1 Å². The first-order valence-electron chi connectivity index (χ1n) is 7.57. The van der Waals surface area contributed by atoms with Crippen LogP contribution in [0.1, 0.15) is 36.8 Å². The molecule has 0 saturated heterocycles. The van der Waals surface area contributed by atoms with E-state index in [9.17, 15) is 14.4 Å². The molecule has 0 bridgehead atoms. The molecule has 2 aromatic heterocycles. The van der Waals surface area contributed by atoms with E-state index in [2.05, 4.69) is 15.2 Å². The van der Waals surface area contributed by atoms with Crippen molar-refractivity contribution in [2.75, 3.05) is 0 Å². The predicted octanol–water partition coefficient (Wildman–Crippen LogP) is 0.677. The van der Waals surface area contributed by atoms with Crippen LogP contribution in [0.4, 0.5) is 0 Å². The second-order valence-electron chi connectivity index (χ2n) is 5.58. The number of benzene rings is 1. The highest BCUT2D eigenvalue weighted by molar-refractivity contribution is 6.21. The van der Waals surface area contributed by atoms with E-state index in [0.717, 1.165) is 0 Å². The molecule has 2 amide bonds. The molecule has 1 aliphatic rings. The highest BCUT2D eigenvalue weighted by Crippen LogP contribution is 2.25. The Morgan fingerprint density at radius 1 is 1.12 bits per heavy atom. The molecule has 0 aliphatic carbocycles. The van der Waals surface area contributed by atoms with Crippen LogP contribution in [0.15, 0.2) is 36.9 Å². The summed E-state index contributed by atoms with van der Waals surface area (Å²) in [5.41, 5.74) is 0.809. The Hall–Kier alpha value is -3.82. The summed E-state index contributed by atoms with van der Waals surface area (Å²) in [7, 11) is 1.63. The molecule has 3 aromatic rings. The highest BCUT2D eigenvalue weighted by atomic mass is 16.7. The van der Waals surface area contributed by atoms with E-state index < -0.39 is 17.8 Å². The lowest BCUT2D eigenvalue weighted by molar-refractivity contribution is -0.0585. The SMILES string of the molecule is Cc1nn(C)c(-n2cncn2)c1C(=O)ON1C(=O)c2ccccc2C1=O. The molecule has 3 heterocycles. The minimum absolute atomic E-state index is 0.0783. The quantitative estimate of drug-likeness (QED) is 0.637. The summed E-state index contributed by atoms with van der Waals surface area (Å²) in [4.78, 5) is 46.4. The number of aryl methyl sites for hydroxylation is 2. The number of rotatable bonds is 3. The van der Waals surface area contributed by atoms with Gasteiger partial charge in [0, 0.05) is 7.05 Å². The minimum Gasteiger partial charge on any atom is -0.324 e. The third-order valence-electron chi connectivity index (χ3n) is 3.96. The van der Waals surface area contributed by atoms with Crippen LogP contribution < -0.4 is 0 Å². The van der Waals surface area contributed by atoms with Gasteiger partial charge in [0.05, 0.1) is 16.8 Å². The van der Waals surface area contributed by atoms with E-state index in [4.69, 9.17) is 4.84 Å². The molecule has 26 heavy (non-hydrogen) atoms. The van der Waals surface area contributed by atoms with Gasteiger partial charge in [0.25, 0.3) is 11.8 Å². The lowest BCUT2D eigenvalue weighted by Gasteiger charge is -2.13. The average Bonchev–Trinajstić information content (AvgIpc) is 3.30. The Morgan fingerprint density at radius 2 is 1.77 bits per heavy atom. The summed E-state index contributed by atoms with van der Waals surface area (Å²) in [6, 6.07) is 6.26. The zero-order valence-electron chi connectivity index (χ0n) is 13.8. The van der Waals surface area contributed by atoms with Crippen molar-refractivity contribution in [3.05, 3.63) is 59.3 Å². The van der Waals surface area contributed by atoms with Crippen molar-refractivity contribution in [2.24, 2.45) is 7.05 Å². The molecule has 0 N–H and O–H groups in total. The van der Waals surface area contributed by atoms with Crippen LogP contribution in [0.3, 0.4) is 0 Å². The normalized spacial score (nSPS) is 13.2. The number of aromatic nitrogens is 5. The first kappa shape index (κ1) is 15.7. The van der Waals surface area contributed by atoms with Gasteiger partial charge in [0.1, 0.15) is 18.2 Å². The van der Waals surface area contributed by atoms with Crippen molar-refractivity contribution in [1.82, 2.24) is 29.6 Å². The topological polar surface area (TPSA) is 112 Å². The molecule has 130 valence electrons. The molecule has 0 saturated carbocycles. The van der Waals surface area contributed by atoms with Crippen molar-refractivity contribution in [1.29, 1.82) is 0 Å². The van der Waals surface area contributed by atoms with E-state index in [-0.39, 0.29) is 16.7 Å². The third-order valence-corrected chi connectivity index (χ3v) is 3.96. The van der Waals surface area contributed by atoms with Gasteiger partial charge in [0.2, 0.25) is 0 Å². The smallest absolute Gasteiger partial charge is 0.324 e. The van der Waals surface area contributed by atoms with Gasteiger partial charge in [0.15, 0.2) is 5.82 Å². The molecule has 10 heteroatoms. The Bertz CT molecular complexity index is 1020. The van der Waals surface area contributed by atoms with Gasteiger partial charge in [-0.25, -0.2) is 19.1 Å². The van der Waals surface area contributed by atoms with Crippen molar-refractivity contribution >= 4 is 17.8 Å². The molecule has 1 aromatic carbocycles. The number of nitrogens with zero attached hydrogens (tertiary/aromatic N) is 6. The molecule has 0 atom stereocenters. The van der Waals surface area contributed by atoms with Crippen molar-refractivity contribution < 1.29 is 19.2 Å². The summed E-state index contributed by atoms with van der Waals surface area (Å²) < 4.78 is 2.78. The summed E-state index contributed by atoms with van der Waals surface area (Å²) in [5, 5.41) is 8.63. The van der Waals surface area contributed by atoms with Gasteiger partial charge >= 0.3 is 5.97 Å². The molecule has 0 spiro atoms. The Morgan fingerprint density at radius 3 is 2.35 bits per heavy atom. The number of fused-ring (bicyclic) bond motifs is 1. The van der Waals surface area contributed by atoms with Crippen LogP contribution in [0.2, 0.25) is 0 Å². The van der Waals surface area contributed by atoms with E-state index >= 15 is 0 Å². The van der Waals surface area contributed by atoms with Gasteiger partial charge in [-0.1, -0.05) is 17.2 Å². The second kappa shape index (κ2) is 5.62. The molecule has 4 rings (SSSR count). The zero-order chi connectivity index (χ0) is 18.4. The number of amides is 2. The van der Waals surface area contributed by atoms with Crippen LogP contribution in [0.25, 0.3) is 5.82 Å². The Kier molecular flexibility index (Phi) is 3.39. The fourth-order valence-electron chi connectivity index (χ4n) is 2.84. The lowest BCUT2D eigenvalue weighted by Crippen LogP contribution is -2.33. The first-order valence-corrected chi connectivity index (χ1v) is 7.57. The summed E-state index contributed by atoms with van der Waals surface area (Å²) in [6.07, 6.45) is 2.71. The van der Waals surface area contributed by atoms with Gasteiger partial charge < -0.3 is 4.84 Å². The molecule has 0 unspecified atom stereocenters. The summed E-state index contributed by atoms with van der Waals surface area (Å²) in [5.74, 6) is -1.97. The third kappa shape index (κ3) is 2.19. The molecular weight excluding hydrogens is 340 g/mol. The van der Waals surface area contributed by atoms with Gasteiger partial charge in [-0.3, -0.25) is 9.59 Å². The zero-order valence-corrected chi connectivity index (χ0v) is 13.8. The summed E-state index contributed by atoms with van der Waals surface area (Å²) >= 11 is 0. The maximum Gasteiger partial charge on any atom is 0.369 e. The van der Waals surface area contributed by atoms with Crippen molar-refractivity contribution in [2.45, 2.75) is 6.92 Å². The van der Waals surface area contributed by atoms with E-state index in [1.807, 2.05) is 0 Å². The predicted molar refractivity (Wildman–Crippen MR) is 85.2 cm³/mol. The van der Waals surface area contributed by atoms with Gasteiger partial charge in [-0.15, -0.1) is 0 Å². The number of hydrogen-bond donors (Lipinski definition) is 0. The number of hydrogen-bond acceptors (Lipinski definition) is 7. The Labute approximate surface area is 146 Å². The average molecular weight is 352 g/mol. The molecule has 1 aliphatic heterocycles. The number of carbonyl (C=O) groups is 3. The van der Waals surface area contributed by atoms with Crippen LogP contribution in [-0.4, -0.2) is 47.4 Å². The second-order valence-corrected chi connectivity index (χ2v) is 5.58. The maximum absolute atomic E-state index is 12.7. The number of carbonyl (C=O) groups excluding carboxylic acids is 3. The number of hydroxylamine groups is 2. The molecule has 10 nitrogen and oxygen atoms in total. The summed E-state index contributed by atoms with van der Waals surface area (Å²) in [6.45, 7) is 1.61. The van der Waals surface area contributed by atoms with E-state index in [0.29, 0.717) is 16.6 Å². The van der Waals surface area contributed by atoms with Crippen molar-refractivity contribution in [3.8, 4) is 5.82 Å². The molecule has 0 radical (unpaired) electrons. The van der Waals surface area contributed by atoms with Crippen LogP contribution >= 0.6 is 0 Å². The fraction of sp³-hybridized carbons (Fsp3) is 0.125. The fourth-order valence-corrected chi connectivity index (χ4v) is 2.84.